The van der Waals surface area contributed by atoms with Gasteiger partial charge in [-0.3, -0.25) is 9.59 Å². The van der Waals surface area contributed by atoms with Crippen molar-refractivity contribution in [3.63, 3.8) is 0 Å². The first kappa shape index (κ1) is 11.0. The molecule has 0 aromatic heterocycles. The van der Waals surface area contributed by atoms with Gasteiger partial charge >= 0.3 is 11.9 Å². The van der Waals surface area contributed by atoms with Crippen LogP contribution in [0.15, 0.2) is 0 Å². The second-order valence-electron chi connectivity index (χ2n) is 3.80. The zero-order valence-electron chi connectivity index (χ0n) is 8.06. The van der Waals surface area contributed by atoms with Crippen molar-refractivity contribution in [3.05, 3.63) is 0 Å². The van der Waals surface area contributed by atoms with Gasteiger partial charge in [-0.05, 0) is 24.8 Å². The Morgan fingerprint density at radius 3 is 2.57 bits per heavy atom. The average molecular weight is 201 g/mol. The van der Waals surface area contributed by atoms with Crippen molar-refractivity contribution in [3.8, 4) is 0 Å². The Kier molecular flexibility index (Phi) is 3.46. The highest BCUT2D eigenvalue weighted by molar-refractivity contribution is 5.76. The van der Waals surface area contributed by atoms with Gasteiger partial charge in [0, 0.05) is 0 Å². The number of nitrogens with one attached hydrogen (secondary N) is 1. The second kappa shape index (κ2) is 4.41. The summed E-state index contributed by atoms with van der Waals surface area (Å²) < 4.78 is 0. The smallest absolute Gasteiger partial charge is 0.321 e. The van der Waals surface area contributed by atoms with Crippen molar-refractivity contribution in [2.24, 2.45) is 11.8 Å². The van der Waals surface area contributed by atoms with E-state index in [-0.39, 0.29) is 18.3 Å². The van der Waals surface area contributed by atoms with Crippen molar-refractivity contribution < 1.29 is 19.8 Å². The summed E-state index contributed by atoms with van der Waals surface area (Å²) in [5.41, 5.74) is 0. The number of carboxylic acids is 2. The lowest BCUT2D eigenvalue weighted by atomic mass is 9.80. The highest BCUT2D eigenvalue weighted by Crippen LogP contribution is 2.26. The van der Waals surface area contributed by atoms with Crippen molar-refractivity contribution in [1.82, 2.24) is 5.32 Å². The summed E-state index contributed by atoms with van der Waals surface area (Å²) in [4.78, 5) is 21.4. The van der Waals surface area contributed by atoms with Crippen LogP contribution in [0.4, 0.5) is 0 Å². The molecule has 1 rings (SSSR count). The van der Waals surface area contributed by atoms with E-state index in [0.29, 0.717) is 6.54 Å². The molecule has 0 aromatic carbocycles. The molecule has 1 heterocycles. The molecule has 0 radical (unpaired) electrons. The lowest BCUT2D eigenvalue weighted by molar-refractivity contribution is -0.145. The van der Waals surface area contributed by atoms with Crippen LogP contribution >= 0.6 is 0 Å². The van der Waals surface area contributed by atoms with Crippen molar-refractivity contribution in [2.75, 3.05) is 6.54 Å². The summed E-state index contributed by atoms with van der Waals surface area (Å²) in [6.45, 7) is 2.55. The van der Waals surface area contributed by atoms with Gasteiger partial charge in [0.25, 0.3) is 0 Å². The number of carboxylic acid groups (broad SMARTS) is 2. The maximum absolute atomic E-state index is 10.8. The van der Waals surface area contributed by atoms with Gasteiger partial charge in [0.05, 0.1) is 6.42 Å². The van der Waals surface area contributed by atoms with Gasteiger partial charge in [-0.2, -0.15) is 0 Å². The quantitative estimate of drug-likeness (QED) is 0.605. The minimum atomic E-state index is -0.956. The fourth-order valence-corrected chi connectivity index (χ4v) is 1.95. The minimum Gasteiger partial charge on any atom is -0.481 e. The van der Waals surface area contributed by atoms with Gasteiger partial charge in [-0.1, -0.05) is 6.92 Å². The van der Waals surface area contributed by atoms with Crippen LogP contribution in [0.5, 0.6) is 0 Å². The molecule has 1 saturated heterocycles. The van der Waals surface area contributed by atoms with E-state index in [1.165, 1.54) is 0 Å². The van der Waals surface area contributed by atoms with E-state index in [1.54, 1.807) is 0 Å². The molecule has 3 atom stereocenters. The molecule has 80 valence electrons. The SMILES string of the molecule is CC1CCNC(C(=O)O)C1CC(=O)O. The third-order valence-electron chi connectivity index (χ3n) is 2.80. The number of aliphatic carboxylic acids is 2. The van der Waals surface area contributed by atoms with Crippen molar-refractivity contribution in [1.29, 1.82) is 0 Å². The van der Waals surface area contributed by atoms with Crippen molar-refractivity contribution >= 4 is 11.9 Å². The molecule has 1 aliphatic heterocycles. The molecule has 1 fully saturated rings. The number of piperidine rings is 1. The van der Waals surface area contributed by atoms with Crippen LogP contribution in [-0.4, -0.2) is 34.7 Å². The summed E-state index contributed by atoms with van der Waals surface area (Å²) in [6, 6.07) is -0.713. The van der Waals surface area contributed by atoms with E-state index in [1.807, 2.05) is 6.92 Å². The van der Waals surface area contributed by atoms with Crippen LogP contribution in [0.25, 0.3) is 0 Å². The molecule has 0 amide bonds. The van der Waals surface area contributed by atoms with Gasteiger partial charge in [0.15, 0.2) is 0 Å². The monoisotopic (exact) mass is 201 g/mol. The normalized spacial score (nSPS) is 32.5. The molecule has 0 aromatic rings. The van der Waals surface area contributed by atoms with Crippen LogP contribution in [-0.2, 0) is 9.59 Å². The Morgan fingerprint density at radius 2 is 2.07 bits per heavy atom. The lowest BCUT2D eigenvalue weighted by Crippen LogP contribution is -2.50. The summed E-state index contributed by atoms with van der Waals surface area (Å²) in [6.07, 6.45) is 0.757. The third kappa shape index (κ3) is 2.45. The Hall–Kier alpha value is -1.10. The molecule has 1 aliphatic rings. The number of hydrogen-bond donors (Lipinski definition) is 3. The predicted molar refractivity (Wildman–Crippen MR) is 49.0 cm³/mol. The lowest BCUT2D eigenvalue weighted by Gasteiger charge is -2.33. The largest absolute Gasteiger partial charge is 0.481 e. The van der Waals surface area contributed by atoms with Crippen molar-refractivity contribution in [2.45, 2.75) is 25.8 Å². The molecule has 5 nitrogen and oxygen atoms in total. The van der Waals surface area contributed by atoms with Crippen LogP contribution in [0, 0.1) is 11.8 Å². The molecule has 0 bridgehead atoms. The Bertz CT molecular complexity index is 241. The standard InChI is InChI=1S/C9H15NO4/c1-5-2-3-10-8(9(13)14)6(5)4-7(11)12/h5-6,8,10H,2-4H2,1H3,(H,11,12)(H,13,14). The van der Waals surface area contributed by atoms with Gasteiger partial charge in [-0.15, -0.1) is 0 Å². The summed E-state index contributed by atoms with van der Waals surface area (Å²) >= 11 is 0. The highest BCUT2D eigenvalue weighted by Gasteiger charge is 2.36. The number of carbonyl (C=O) groups is 2. The fourth-order valence-electron chi connectivity index (χ4n) is 1.95. The molecule has 0 aliphatic carbocycles. The number of hydrogen-bond acceptors (Lipinski definition) is 3. The first-order chi connectivity index (χ1) is 6.52. The Labute approximate surface area is 82.1 Å². The minimum absolute atomic E-state index is 0.0782. The second-order valence-corrected chi connectivity index (χ2v) is 3.80. The molecule has 0 saturated carbocycles. The summed E-state index contributed by atoms with van der Waals surface area (Å²) in [5, 5.41) is 20.4. The predicted octanol–water partition coefficient (Wildman–Crippen LogP) is 0.160. The molecular weight excluding hydrogens is 186 g/mol. The van der Waals surface area contributed by atoms with E-state index < -0.39 is 18.0 Å². The Balaban J connectivity index is 2.70. The molecular formula is C9H15NO4. The van der Waals surface area contributed by atoms with Crippen LogP contribution in [0.3, 0.4) is 0 Å². The highest BCUT2D eigenvalue weighted by atomic mass is 16.4. The van der Waals surface area contributed by atoms with Gasteiger partial charge in [0.1, 0.15) is 6.04 Å². The zero-order chi connectivity index (χ0) is 10.7. The number of rotatable bonds is 3. The average Bonchev–Trinajstić information content (AvgIpc) is 2.07. The first-order valence-electron chi connectivity index (χ1n) is 4.70. The summed E-state index contributed by atoms with van der Waals surface area (Å²) in [5.74, 6) is -2.05. The van der Waals surface area contributed by atoms with E-state index in [4.69, 9.17) is 10.2 Å². The molecule has 3 unspecified atom stereocenters. The molecule has 5 heteroatoms. The van der Waals surface area contributed by atoms with Crippen LogP contribution < -0.4 is 5.32 Å². The fraction of sp³-hybridized carbons (Fsp3) is 0.778. The molecule has 0 spiro atoms. The van der Waals surface area contributed by atoms with E-state index >= 15 is 0 Å². The third-order valence-corrected chi connectivity index (χ3v) is 2.80. The van der Waals surface area contributed by atoms with Crippen LogP contribution in [0.1, 0.15) is 19.8 Å². The topological polar surface area (TPSA) is 86.6 Å². The zero-order valence-corrected chi connectivity index (χ0v) is 8.06. The first-order valence-corrected chi connectivity index (χ1v) is 4.70. The molecule has 3 N–H and O–H groups in total. The van der Waals surface area contributed by atoms with Crippen LogP contribution in [0.2, 0.25) is 0 Å². The van der Waals surface area contributed by atoms with Gasteiger partial charge < -0.3 is 15.5 Å². The van der Waals surface area contributed by atoms with Gasteiger partial charge in [0.2, 0.25) is 0 Å². The Morgan fingerprint density at radius 1 is 1.43 bits per heavy atom. The summed E-state index contributed by atoms with van der Waals surface area (Å²) in [7, 11) is 0. The van der Waals surface area contributed by atoms with E-state index in [2.05, 4.69) is 5.32 Å². The maximum Gasteiger partial charge on any atom is 0.321 e. The van der Waals surface area contributed by atoms with E-state index in [9.17, 15) is 9.59 Å². The van der Waals surface area contributed by atoms with Gasteiger partial charge in [-0.25, -0.2) is 0 Å². The maximum atomic E-state index is 10.8. The molecule has 14 heavy (non-hydrogen) atoms. The van der Waals surface area contributed by atoms with E-state index in [0.717, 1.165) is 6.42 Å².